The van der Waals surface area contributed by atoms with E-state index in [1.807, 2.05) is 37.3 Å². The summed E-state index contributed by atoms with van der Waals surface area (Å²) in [5, 5.41) is 16.1. The van der Waals surface area contributed by atoms with E-state index in [9.17, 15) is 9.90 Å². The monoisotopic (exact) mass is 262 g/mol. The first-order valence-electron chi connectivity index (χ1n) is 6.85. The van der Waals surface area contributed by atoms with Gasteiger partial charge in [0.15, 0.2) is 0 Å². The molecule has 2 unspecified atom stereocenters. The van der Waals surface area contributed by atoms with Crippen molar-refractivity contribution < 1.29 is 9.90 Å². The van der Waals surface area contributed by atoms with Gasteiger partial charge in [0.2, 0.25) is 5.91 Å². The normalized spacial score (nSPS) is 23.3. The summed E-state index contributed by atoms with van der Waals surface area (Å²) in [5.41, 5.74) is 0.540. The quantitative estimate of drug-likeness (QED) is 0.763. The highest BCUT2D eigenvalue weighted by atomic mass is 16.3. The summed E-state index contributed by atoms with van der Waals surface area (Å²) in [6, 6.07) is 10.00. The van der Waals surface area contributed by atoms with Crippen LogP contribution in [0.5, 0.6) is 0 Å². The Kier molecular flexibility index (Phi) is 4.56. The number of aliphatic hydroxyl groups excluding tert-OH is 1. The van der Waals surface area contributed by atoms with Crippen molar-refractivity contribution in [3.05, 3.63) is 35.9 Å². The smallest absolute Gasteiger partial charge is 0.221 e. The molecule has 1 amide bonds. The topological polar surface area (TPSA) is 61.4 Å². The Morgan fingerprint density at radius 3 is 2.84 bits per heavy atom. The van der Waals surface area contributed by atoms with Crippen LogP contribution >= 0.6 is 0 Å². The van der Waals surface area contributed by atoms with Gasteiger partial charge in [0.05, 0.1) is 12.1 Å². The van der Waals surface area contributed by atoms with Crippen LogP contribution in [0, 0.1) is 0 Å². The van der Waals surface area contributed by atoms with Crippen LogP contribution in [0.15, 0.2) is 30.3 Å². The molecular weight excluding hydrogens is 240 g/mol. The first-order valence-corrected chi connectivity index (χ1v) is 6.85. The molecule has 1 aromatic rings. The van der Waals surface area contributed by atoms with Gasteiger partial charge in [0.25, 0.3) is 0 Å². The summed E-state index contributed by atoms with van der Waals surface area (Å²) in [6.07, 6.45) is 2.39. The fraction of sp³-hybridized carbons (Fsp3) is 0.533. The Hall–Kier alpha value is -1.39. The van der Waals surface area contributed by atoms with Crippen LogP contribution in [0.1, 0.15) is 31.7 Å². The van der Waals surface area contributed by atoms with Crippen molar-refractivity contribution in [2.75, 3.05) is 13.2 Å². The second-order valence-corrected chi connectivity index (χ2v) is 5.39. The molecule has 0 bridgehead atoms. The van der Waals surface area contributed by atoms with E-state index in [0.717, 1.165) is 24.9 Å². The van der Waals surface area contributed by atoms with E-state index in [1.165, 1.54) is 0 Å². The molecule has 19 heavy (non-hydrogen) atoms. The molecule has 2 rings (SSSR count). The maximum absolute atomic E-state index is 11.6. The molecule has 1 heterocycles. The standard InChI is InChI=1S/C15H22N2O2/c1-15(11-18,12-6-3-2-4-7-12)17-13-8-5-9-16-14(19)10-13/h2-4,6-7,13,17-18H,5,8-11H2,1H3,(H,16,19). The first kappa shape index (κ1) is 14.0. The van der Waals surface area contributed by atoms with E-state index in [1.54, 1.807) is 0 Å². The average molecular weight is 262 g/mol. The van der Waals surface area contributed by atoms with Crippen LogP contribution in [0.3, 0.4) is 0 Å². The zero-order valence-corrected chi connectivity index (χ0v) is 11.4. The largest absolute Gasteiger partial charge is 0.394 e. The third-order valence-corrected chi connectivity index (χ3v) is 3.73. The van der Waals surface area contributed by atoms with Crippen LogP contribution < -0.4 is 10.6 Å². The van der Waals surface area contributed by atoms with E-state index in [2.05, 4.69) is 10.6 Å². The van der Waals surface area contributed by atoms with Gasteiger partial charge in [0, 0.05) is 19.0 Å². The highest BCUT2D eigenvalue weighted by Crippen LogP contribution is 2.22. The fourth-order valence-electron chi connectivity index (χ4n) is 2.57. The van der Waals surface area contributed by atoms with Gasteiger partial charge in [-0.2, -0.15) is 0 Å². The molecule has 3 N–H and O–H groups in total. The predicted molar refractivity (Wildman–Crippen MR) is 74.7 cm³/mol. The van der Waals surface area contributed by atoms with Crippen LogP contribution in [0.4, 0.5) is 0 Å². The number of hydrogen-bond acceptors (Lipinski definition) is 3. The molecule has 1 aliphatic heterocycles. The molecule has 0 aliphatic carbocycles. The lowest BCUT2D eigenvalue weighted by atomic mass is 9.91. The highest BCUT2D eigenvalue weighted by molar-refractivity contribution is 5.76. The summed E-state index contributed by atoms with van der Waals surface area (Å²) >= 11 is 0. The summed E-state index contributed by atoms with van der Waals surface area (Å²) in [6.45, 7) is 2.73. The van der Waals surface area contributed by atoms with Crippen molar-refractivity contribution in [1.82, 2.24) is 10.6 Å². The SMILES string of the molecule is CC(CO)(NC1CCCNC(=O)C1)c1ccccc1. The van der Waals surface area contributed by atoms with E-state index in [-0.39, 0.29) is 18.6 Å². The summed E-state index contributed by atoms with van der Waals surface area (Å²) in [4.78, 5) is 11.6. The Bertz CT molecular complexity index is 421. The zero-order valence-electron chi connectivity index (χ0n) is 11.4. The summed E-state index contributed by atoms with van der Waals surface area (Å²) in [5.74, 6) is 0.0864. The van der Waals surface area contributed by atoms with Crippen LogP contribution in [-0.2, 0) is 10.3 Å². The molecule has 0 saturated carbocycles. The van der Waals surface area contributed by atoms with Gasteiger partial charge >= 0.3 is 0 Å². The summed E-state index contributed by atoms with van der Waals surface area (Å²) < 4.78 is 0. The maximum Gasteiger partial charge on any atom is 0.221 e. The highest BCUT2D eigenvalue weighted by Gasteiger charge is 2.30. The Labute approximate surface area is 114 Å². The molecule has 1 fully saturated rings. The minimum Gasteiger partial charge on any atom is -0.394 e. The van der Waals surface area contributed by atoms with Crippen LogP contribution in [0.2, 0.25) is 0 Å². The molecule has 1 aromatic carbocycles. The zero-order chi connectivity index (χ0) is 13.7. The number of carbonyl (C=O) groups excluding carboxylic acids is 1. The lowest BCUT2D eigenvalue weighted by Gasteiger charge is -2.33. The fourth-order valence-corrected chi connectivity index (χ4v) is 2.57. The molecule has 4 heteroatoms. The number of amides is 1. The number of aliphatic hydroxyl groups is 1. The number of carbonyl (C=O) groups is 1. The number of benzene rings is 1. The molecule has 104 valence electrons. The molecular formula is C15H22N2O2. The lowest BCUT2D eigenvalue weighted by Crippen LogP contribution is -2.49. The lowest BCUT2D eigenvalue weighted by molar-refractivity contribution is -0.121. The van der Waals surface area contributed by atoms with Gasteiger partial charge in [-0.3, -0.25) is 4.79 Å². The molecule has 0 spiro atoms. The van der Waals surface area contributed by atoms with Gasteiger partial charge in [-0.15, -0.1) is 0 Å². The van der Waals surface area contributed by atoms with Crippen molar-refractivity contribution in [2.45, 2.75) is 37.8 Å². The average Bonchev–Trinajstić information content (AvgIpc) is 2.64. The third-order valence-electron chi connectivity index (χ3n) is 3.73. The van der Waals surface area contributed by atoms with E-state index < -0.39 is 5.54 Å². The minimum absolute atomic E-state index is 0.00906. The van der Waals surface area contributed by atoms with Gasteiger partial charge < -0.3 is 15.7 Å². The summed E-state index contributed by atoms with van der Waals surface area (Å²) in [7, 11) is 0. The minimum atomic E-state index is -0.503. The van der Waals surface area contributed by atoms with Crippen molar-refractivity contribution in [2.24, 2.45) is 0 Å². The maximum atomic E-state index is 11.6. The van der Waals surface area contributed by atoms with Gasteiger partial charge in [-0.05, 0) is 25.3 Å². The predicted octanol–water partition coefficient (Wildman–Crippen LogP) is 1.15. The van der Waals surface area contributed by atoms with Crippen LogP contribution in [-0.4, -0.2) is 30.2 Å². The second kappa shape index (κ2) is 6.17. The third kappa shape index (κ3) is 3.55. The molecule has 0 radical (unpaired) electrons. The van der Waals surface area contributed by atoms with Crippen LogP contribution in [0.25, 0.3) is 0 Å². The Morgan fingerprint density at radius 2 is 2.16 bits per heavy atom. The van der Waals surface area contributed by atoms with Gasteiger partial charge in [-0.25, -0.2) is 0 Å². The molecule has 4 nitrogen and oxygen atoms in total. The van der Waals surface area contributed by atoms with E-state index >= 15 is 0 Å². The number of rotatable bonds is 4. The van der Waals surface area contributed by atoms with E-state index in [4.69, 9.17) is 0 Å². The molecule has 1 aliphatic rings. The first-order chi connectivity index (χ1) is 9.14. The Morgan fingerprint density at radius 1 is 1.42 bits per heavy atom. The van der Waals surface area contributed by atoms with Gasteiger partial charge in [-0.1, -0.05) is 30.3 Å². The Balaban J connectivity index is 2.11. The van der Waals surface area contributed by atoms with Crippen molar-refractivity contribution in [3.8, 4) is 0 Å². The second-order valence-electron chi connectivity index (χ2n) is 5.39. The molecule has 1 saturated heterocycles. The van der Waals surface area contributed by atoms with Crippen molar-refractivity contribution in [1.29, 1.82) is 0 Å². The van der Waals surface area contributed by atoms with E-state index in [0.29, 0.717) is 6.42 Å². The van der Waals surface area contributed by atoms with Crippen molar-refractivity contribution in [3.63, 3.8) is 0 Å². The van der Waals surface area contributed by atoms with Gasteiger partial charge in [0.1, 0.15) is 0 Å². The number of hydrogen-bond donors (Lipinski definition) is 3. The number of nitrogens with one attached hydrogen (secondary N) is 2. The van der Waals surface area contributed by atoms with Crippen molar-refractivity contribution >= 4 is 5.91 Å². The molecule has 2 atom stereocenters. The molecule has 0 aromatic heterocycles.